The summed E-state index contributed by atoms with van der Waals surface area (Å²) in [5, 5.41) is 3.79. The summed E-state index contributed by atoms with van der Waals surface area (Å²) in [5.41, 5.74) is 0.740. The molecule has 9 nitrogen and oxygen atoms in total. The predicted octanol–water partition coefficient (Wildman–Crippen LogP) is 2.80. The number of rotatable bonds is 6. The minimum absolute atomic E-state index is 0.0829. The second-order valence-corrected chi connectivity index (χ2v) is 8.62. The average Bonchev–Trinajstić information content (AvgIpc) is 3.39. The van der Waals surface area contributed by atoms with Crippen molar-refractivity contribution in [2.24, 2.45) is 0 Å². The Labute approximate surface area is 168 Å². The van der Waals surface area contributed by atoms with Crippen LogP contribution < -0.4 is 4.74 Å². The number of nitrogens with zero attached hydrogens (tertiary/aromatic N) is 3. The van der Waals surface area contributed by atoms with Gasteiger partial charge in [0.25, 0.3) is 15.9 Å². The molecule has 29 heavy (non-hydrogen) atoms. The summed E-state index contributed by atoms with van der Waals surface area (Å²) < 4.78 is 48.2. The van der Waals surface area contributed by atoms with E-state index in [0.29, 0.717) is 32.1 Å². The van der Waals surface area contributed by atoms with E-state index in [2.05, 4.69) is 10.1 Å². The first-order chi connectivity index (χ1) is 13.9. The fourth-order valence-corrected chi connectivity index (χ4v) is 4.20. The maximum Gasteiger partial charge on any atom is 0.293 e. The van der Waals surface area contributed by atoms with E-state index in [1.54, 1.807) is 0 Å². The highest BCUT2D eigenvalue weighted by Gasteiger charge is 2.30. The van der Waals surface area contributed by atoms with Crippen molar-refractivity contribution in [3.63, 3.8) is 0 Å². The van der Waals surface area contributed by atoms with Gasteiger partial charge in [-0.3, -0.25) is 0 Å². The van der Waals surface area contributed by atoms with E-state index in [9.17, 15) is 8.42 Å². The molecule has 3 aromatic rings. The van der Waals surface area contributed by atoms with E-state index in [1.807, 2.05) is 38.1 Å². The quantitative estimate of drug-likeness (QED) is 0.600. The molecule has 0 atom stereocenters. The molecule has 1 aromatic carbocycles. The summed E-state index contributed by atoms with van der Waals surface area (Å²) in [4.78, 5) is 4.31. The maximum atomic E-state index is 12.7. The van der Waals surface area contributed by atoms with E-state index in [-0.39, 0.29) is 22.8 Å². The molecule has 0 amide bonds. The van der Waals surface area contributed by atoms with Gasteiger partial charge in [-0.1, -0.05) is 5.16 Å². The van der Waals surface area contributed by atoms with Gasteiger partial charge in [0.1, 0.15) is 5.75 Å². The topological polar surface area (TPSA) is 108 Å². The number of hydrogen-bond acceptors (Lipinski definition) is 8. The monoisotopic (exact) mass is 419 g/mol. The molecule has 1 fully saturated rings. The lowest BCUT2D eigenvalue weighted by atomic mass is 10.2. The molecular weight excluding hydrogens is 398 g/mol. The van der Waals surface area contributed by atoms with Gasteiger partial charge in [0.05, 0.1) is 19.3 Å². The number of morpholine rings is 1. The Bertz CT molecular complexity index is 1070. The Morgan fingerprint density at radius 3 is 2.48 bits per heavy atom. The minimum Gasteiger partial charge on any atom is -0.491 e. The molecule has 4 rings (SSSR count). The van der Waals surface area contributed by atoms with Gasteiger partial charge >= 0.3 is 0 Å². The zero-order valence-electron chi connectivity index (χ0n) is 16.1. The van der Waals surface area contributed by atoms with Crippen molar-refractivity contribution in [3.8, 4) is 28.8 Å². The maximum absolute atomic E-state index is 12.7. The van der Waals surface area contributed by atoms with Gasteiger partial charge in [-0.05, 0) is 50.2 Å². The van der Waals surface area contributed by atoms with E-state index in [0.717, 1.165) is 11.3 Å². The van der Waals surface area contributed by atoms with Crippen molar-refractivity contribution in [1.82, 2.24) is 14.4 Å². The van der Waals surface area contributed by atoms with Gasteiger partial charge in [0.15, 0.2) is 5.76 Å². The molecule has 3 heterocycles. The number of benzene rings is 1. The summed E-state index contributed by atoms with van der Waals surface area (Å²) in [6.07, 6.45) is 0.0829. The van der Waals surface area contributed by atoms with Crippen molar-refractivity contribution in [3.05, 3.63) is 36.4 Å². The number of aromatic nitrogens is 2. The second-order valence-electron chi connectivity index (χ2n) is 6.75. The summed E-state index contributed by atoms with van der Waals surface area (Å²) >= 11 is 0. The van der Waals surface area contributed by atoms with Crippen LogP contribution in [0.5, 0.6) is 5.75 Å². The summed E-state index contributed by atoms with van der Waals surface area (Å²) in [6.45, 7) is 5.22. The zero-order valence-corrected chi connectivity index (χ0v) is 16.9. The van der Waals surface area contributed by atoms with Crippen molar-refractivity contribution in [2.45, 2.75) is 25.0 Å². The van der Waals surface area contributed by atoms with Crippen LogP contribution in [0.3, 0.4) is 0 Å². The molecule has 1 aliphatic rings. The van der Waals surface area contributed by atoms with Crippen LogP contribution in [-0.2, 0) is 14.8 Å². The number of hydrogen-bond donors (Lipinski definition) is 0. The van der Waals surface area contributed by atoms with Crippen LogP contribution in [-0.4, -0.2) is 55.3 Å². The molecule has 1 aliphatic heterocycles. The third kappa shape index (κ3) is 4.19. The standard InChI is InChI=1S/C19H21N3O6S/c1-13(2)26-15-5-3-14(4-6-15)18-20-19(28-21-18)16-7-8-17(27-16)29(23,24)22-9-11-25-12-10-22/h3-8,13H,9-12H2,1-2H3. The Morgan fingerprint density at radius 2 is 1.79 bits per heavy atom. The van der Waals surface area contributed by atoms with Crippen LogP contribution >= 0.6 is 0 Å². The van der Waals surface area contributed by atoms with E-state index < -0.39 is 10.0 Å². The molecule has 10 heteroatoms. The SMILES string of the molecule is CC(C)Oc1ccc(-c2noc(-c3ccc(S(=O)(=O)N4CCOCC4)o3)n2)cc1. The Morgan fingerprint density at radius 1 is 1.07 bits per heavy atom. The van der Waals surface area contributed by atoms with Crippen LogP contribution in [0, 0.1) is 0 Å². The van der Waals surface area contributed by atoms with Crippen LogP contribution in [0.2, 0.25) is 0 Å². The molecule has 0 spiro atoms. The summed E-state index contributed by atoms with van der Waals surface area (Å²) in [7, 11) is -3.73. The van der Waals surface area contributed by atoms with Gasteiger partial charge in [-0.15, -0.1) is 0 Å². The predicted molar refractivity (Wildman–Crippen MR) is 103 cm³/mol. The average molecular weight is 419 g/mol. The van der Waals surface area contributed by atoms with Crippen molar-refractivity contribution in [2.75, 3.05) is 26.3 Å². The van der Waals surface area contributed by atoms with E-state index >= 15 is 0 Å². The lowest BCUT2D eigenvalue weighted by molar-refractivity contribution is 0.0724. The van der Waals surface area contributed by atoms with Gasteiger partial charge in [-0.25, -0.2) is 8.42 Å². The molecule has 0 saturated carbocycles. The van der Waals surface area contributed by atoms with E-state index in [1.165, 1.54) is 16.4 Å². The molecule has 154 valence electrons. The Hall–Kier alpha value is -2.69. The van der Waals surface area contributed by atoms with Crippen molar-refractivity contribution in [1.29, 1.82) is 0 Å². The van der Waals surface area contributed by atoms with Gasteiger partial charge < -0.3 is 18.4 Å². The number of ether oxygens (including phenoxy) is 2. The highest BCUT2D eigenvalue weighted by atomic mass is 32.2. The lowest BCUT2D eigenvalue weighted by Crippen LogP contribution is -2.40. The molecule has 0 radical (unpaired) electrons. The lowest BCUT2D eigenvalue weighted by Gasteiger charge is -2.24. The Balaban J connectivity index is 1.53. The second kappa shape index (κ2) is 7.97. The largest absolute Gasteiger partial charge is 0.491 e. The van der Waals surface area contributed by atoms with Gasteiger partial charge in [-0.2, -0.15) is 9.29 Å². The molecule has 1 saturated heterocycles. The fraction of sp³-hybridized carbons (Fsp3) is 0.368. The molecule has 0 N–H and O–H groups in total. The third-order valence-electron chi connectivity index (χ3n) is 4.27. The number of sulfonamides is 1. The first-order valence-corrected chi connectivity index (χ1v) is 10.7. The van der Waals surface area contributed by atoms with Crippen LogP contribution in [0.25, 0.3) is 23.0 Å². The van der Waals surface area contributed by atoms with Crippen molar-refractivity contribution >= 4 is 10.0 Å². The summed E-state index contributed by atoms with van der Waals surface area (Å²) in [5.74, 6) is 1.41. The highest BCUT2D eigenvalue weighted by molar-refractivity contribution is 7.89. The normalized spacial score (nSPS) is 15.7. The number of furan rings is 1. The smallest absolute Gasteiger partial charge is 0.293 e. The highest BCUT2D eigenvalue weighted by Crippen LogP contribution is 2.28. The molecule has 0 unspecified atom stereocenters. The Kier molecular flexibility index (Phi) is 5.39. The van der Waals surface area contributed by atoms with Crippen LogP contribution in [0.4, 0.5) is 0 Å². The van der Waals surface area contributed by atoms with Gasteiger partial charge in [0, 0.05) is 18.7 Å². The zero-order chi connectivity index (χ0) is 20.4. The van der Waals surface area contributed by atoms with Crippen LogP contribution in [0.1, 0.15) is 13.8 Å². The molecular formula is C19H21N3O6S. The minimum atomic E-state index is -3.73. The third-order valence-corrected chi connectivity index (χ3v) is 6.04. The fourth-order valence-electron chi connectivity index (χ4n) is 2.88. The van der Waals surface area contributed by atoms with Gasteiger partial charge in [0.2, 0.25) is 10.9 Å². The molecule has 0 bridgehead atoms. The van der Waals surface area contributed by atoms with Crippen molar-refractivity contribution < 1.29 is 26.8 Å². The summed E-state index contributed by atoms with van der Waals surface area (Å²) in [6, 6.07) is 10.2. The first kappa shape index (κ1) is 19.6. The molecule has 2 aromatic heterocycles. The van der Waals surface area contributed by atoms with Crippen LogP contribution in [0.15, 0.2) is 50.4 Å². The van der Waals surface area contributed by atoms with E-state index in [4.69, 9.17) is 18.4 Å². The molecule has 0 aliphatic carbocycles. The first-order valence-electron chi connectivity index (χ1n) is 9.22.